The van der Waals surface area contributed by atoms with Crippen molar-refractivity contribution in [3.05, 3.63) is 10.7 Å². The van der Waals surface area contributed by atoms with Crippen LogP contribution in [-0.2, 0) is 0 Å². The van der Waals surface area contributed by atoms with Crippen molar-refractivity contribution in [3.63, 3.8) is 0 Å². The van der Waals surface area contributed by atoms with Gasteiger partial charge in [0, 0.05) is 19.1 Å². The van der Waals surface area contributed by atoms with Crippen LogP contribution in [0.15, 0.2) is 10.7 Å². The number of halogens is 1. The van der Waals surface area contributed by atoms with Crippen LogP contribution in [0.5, 0.6) is 5.88 Å². The van der Waals surface area contributed by atoms with E-state index in [1.165, 1.54) is 0 Å². The second-order valence-electron chi connectivity index (χ2n) is 3.40. The molecule has 2 rings (SSSR count). The number of anilines is 1. The minimum absolute atomic E-state index is 0.371. The SMILES string of the molecule is COc1nc(N2CCC2CN)ncc1Br. The molecule has 1 aromatic heterocycles. The number of methoxy groups -OCH3 is 1. The van der Waals surface area contributed by atoms with Crippen LogP contribution in [0.2, 0.25) is 0 Å². The van der Waals surface area contributed by atoms with E-state index in [-0.39, 0.29) is 0 Å². The third kappa shape index (κ3) is 1.91. The van der Waals surface area contributed by atoms with Crippen LogP contribution in [0.3, 0.4) is 0 Å². The first kappa shape index (κ1) is 10.6. The van der Waals surface area contributed by atoms with Gasteiger partial charge in [0.15, 0.2) is 0 Å². The summed E-state index contributed by atoms with van der Waals surface area (Å²) in [7, 11) is 1.59. The van der Waals surface area contributed by atoms with Crippen molar-refractivity contribution in [1.82, 2.24) is 9.97 Å². The average molecular weight is 273 g/mol. The molecule has 2 N–H and O–H groups in total. The molecule has 0 spiro atoms. The summed E-state index contributed by atoms with van der Waals surface area (Å²) < 4.78 is 5.88. The highest BCUT2D eigenvalue weighted by atomic mass is 79.9. The van der Waals surface area contributed by atoms with Gasteiger partial charge in [-0.1, -0.05) is 0 Å². The van der Waals surface area contributed by atoms with E-state index in [0.717, 1.165) is 17.4 Å². The molecule has 0 aliphatic carbocycles. The summed E-state index contributed by atoms with van der Waals surface area (Å²) in [6.45, 7) is 1.61. The summed E-state index contributed by atoms with van der Waals surface area (Å²) in [6.07, 6.45) is 2.81. The fraction of sp³-hybridized carbons (Fsp3) is 0.556. The van der Waals surface area contributed by atoms with Crippen molar-refractivity contribution in [1.29, 1.82) is 0 Å². The Morgan fingerprint density at radius 3 is 3.07 bits per heavy atom. The van der Waals surface area contributed by atoms with E-state index in [2.05, 4.69) is 30.8 Å². The molecule has 0 amide bonds. The van der Waals surface area contributed by atoms with Crippen molar-refractivity contribution >= 4 is 21.9 Å². The molecule has 1 saturated heterocycles. The molecule has 82 valence electrons. The minimum atomic E-state index is 0.371. The minimum Gasteiger partial charge on any atom is -0.480 e. The van der Waals surface area contributed by atoms with Gasteiger partial charge in [0.05, 0.1) is 17.8 Å². The molecule has 1 aliphatic rings. The Kier molecular flexibility index (Phi) is 3.06. The van der Waals surface area contributed by atoms with Crippen molar-refractivity contribution in [2.75, 3.05) is 25.1 Å². The maximum Gasteiger partial charge on any atom is 0.232 e. The zero-order valence-corrected chi connectivity index (χ0v) is 10.1. The summed E-state index contributed by atoms with van der Waals surface area (Å²) in [4.78, 5) is 10.6. The van der Waals surface area contributed by atoms with Crippen molar-refractivity contribution in [2.45, 2.75) is 12.5 Å². The maximum atomic E-state index is 5.62. The monoisotopic (exact) mass is 272 g/mol. The van der Waals surface area contributed by atoms with Crippen molar-refractivity contribution < 1.29 is 4.74 Å². The number of hydrogen-bond donors (Lipinski definition) is 1. The Morgan fingerprint density at radius 2 is 2.53 bits per heavy atom. The van der Waals surface area contributed by atoms with E-state index in [1.54, 1.807) is 13.3 Å². The van der Waals surface area contributed by atoms with Gasteiger partial charge in [-0.05, 0) is 22.4 Å². The summed E-state index contributed by atoms with van der Waals surface area (Å²) >= 11 is 3.32. The third-order valence-electron chi connectivity index (χ3n) is 2.57. The maximum absolute atomic E-state index is 5.62. The first-order valence-corrected chi connectivity index (χ1v) is 5.58. The molecule has 2 heterocycles. The largest absolute Gasteiger partial charge is 0.480 e. The number of nitrogens with zero attached hydrogens (tertiary/aromatic N) is 3. The zero-order chi connectivity index (χ0) is 10.8. The summed E-state index contributed by atoms with van der Waals surface area (Å²) in [5.41, 5.74) is 5.62. The molecule has 0 bridgehead atoms. The molecule has 1 atom stereocenters. The first-order valence-electron chi connectivity index (χ1n) is 4.79. The summed E-state index contributed by atoms with van der Waals surface area (Å²) in [5, 5.41) is 0. The first-order chi connectivity index (χ1) is 7.26. The normalized spacial score (nSPS) is 19.9. The van der Waals surface area contributed by atoms with E-state index in [0.29, 0.717) is 24.4 Å². The number of nitrogens with two attached hydrogens (primary N) is 1. The van der Waals surface area contributed by atoms with Gasteiger partial charge < -0.3 is 15.4 Å². The number of aromatic nitrogens is 2. The third-order valence-corrected chi connectivity index (χ3v) is 3.11. The molecule has 0 saturated carbocycles. The highest BCUT2D eigenvalue weighted by molar-refractivity contribution is 9.10. The lowest BCUT2D eigenvalue weighted by Crippen LogP contribution is -2.52. The Morgan fingerprint density at radius 1 is 1.73 bits per heavy atom. The number of hydrogen-bond acceptors (Lipinski definition) is 5. The lowest BCUT2D eigenvalue weighted by atomic mass is 10.0. The summed E-state index contributed by atoms with van der Waals surface area (Å²) in [5.74, 6) is 1.25. The molecule has 15 heavy (non-hydrogen) atoms. The van der Waals surface area contributed by atoms with Crippen molar-refractivity contribution in [2.24, 2.45) is 5.73 Å². The lowest BCUT2D eigenvalue weighted by molar-refractivity contribution is 0.388. The predicted molar refractivity (Wildman–Crippen MR) is 61.1 cm³/mol. The quantitative estimate of drug-likeness (QED) is 0.881. The van der Waals surface area contributed by atoms with Gasteiger partial charge in [-0.2, -0.15) is 4.98 Å². The van der Waals surface area contributed by atoms with Crippen molar-refractivity contribution in [3.8, 4) is 5.88 Å². The zero-order valence-electron chi connectivity index (χ0n) is 8.48. The van der Waals surface area contributed by atoms with Gasteiger partial charge >= 0.3 is 0 Å². The fourth-order valence-electron chi connectivity index (χ4n) is 1.57. The molecular weight excluding hydrogens is 260 g/mol. The Labute approximate surface area is 96.8 Å². The van der Waals surface area contributed by atoms with Gasteiger partial charge in [-0.15, -0.1) is 0 Å². The highest BCUT2D eigenvalue weighted by Gasteiger charge is 2.29. The van der Waals surface area contributed by atoms with Crippen LogP contribution in [-0.4, -0.2) is 36.2 Å². The van der Waals surface area contributed by atoms with E-state index in [9.17, 15) is 0 Å². The lowest BCUT2D eigenvalue weighted by Gasteiger charge is -2.40. The van der Waals surface area contributed by atoms with Crippen LogP contribution in [0.4, 0.5) is 5.95 Å². The molecule has 5 nitrogen and oxygen atoms in total. The second kappa shape index (κ2) is 4.32. The molecule has 1 fully saturated rings. The van der Waals surface area contributed by atoms with Gasteiger partial charge in [0.25, 0.3) is 0 Å². The molecule has 1 aromatic rings. The summed E-state index contributed by atoms with van der Waals surface area (Å²) in [6, 6.07) is 0.371. The Balaban J connectivity index is 2.22. The van der Waals surface area contributed by atoms with E-state index in [1.807, 2.05) is 0 Å². The van der Waals surface area contributed by atoms with Crippen LogP contribution in [0, 0.1) is 0 Å². The van der Waals surface area contributed by atoms with Crippen LogP contribution in [0.1, 0.15) is 6.42 Å². The van der Waals surface area contributed by atoms with Gasteiger partial charge in [-0.25, -0.2) is 4.98 Å². The van der Waals surface area contributed by atoms with E-state index < -0.39 is 0 Å². The smallest absolute Gasteiger partial charge is 0.232 e. The Bertz CT molecular complexity index is 358. The molecule has 6 heteroatoms. The molecule has 0 radical (unpaired) electrons. The van der Waals surface area contributed by atoms with Crippen LogP contribution >= 0.6 is 15.9 Å². The highest BCUT2D eigenvalue weighted by Crippen LogP contribution is 2.27. The predicted octanol–water partition coefficient (Wildman–Crippen LogP) is 0.785. The number of ether oxygens (including phenoxy) is 1. The van der Waals surface area contributed by atoms with Crippen LogP contribution in [0.25, 0.3) is 0 Å². The van der Waals surface area contributed by atoms with Gasteiger partial charge in [0.1, 0.15) is 0 Å². The standard InChI is InChI=1S/C9H13BrN4O/c1-15-8-7(10)5-12-9(13-8)14-3-2-6(14)4-11/h5-6H,2-4,11H2,1H3. The Hall–Kier alpha value is -0.880. The number of rotatable bonds is 3. The van der Waals surface area contributed by atoms with E-state index >= 15 is 0 Å². The average Bonchev–Trinajstić information content (AvgIpc) is 2.20. The van der Waals surface area contributed by atoms with E-state index in [4.69, 9.17) is 10.5 Å². The van der Waals surface area contributed by atoms with Crippen LogP contribution < -0.4 is 15.4 Å². The molecule has 0 aromatic carbocycles. The van der Waals surface area contributed by atoms with Gasteiger partial charge in [-0.3, -0.25) is 0 Å². The molecule has 1 aliphatic heterocycles. The molecule has 1 unspecified atom stereocenters. The molecular formula is C9H13BrN4O. The second-order valence-corrected chi connectivity index (χ2v) is 4.25. The topological polar surface area (TPSA) is 64.3 Å². The van der Waals surface area contributed by atoms with Gasteiger partial charge in [0.2, 0.25) is 11.8 Å². The fourth-order valence-corrected chi connectivity index (χ4v) is 1.93.